The molecule has 2 saturated heterocycles. The number of nitrogens with one attached hydrogen (secondary N) is 1. The maximum absolute atomic E-state index is 12.9. The Morgan fingerprint density at radius 2 is 1.94 bits per heavy atom. The van der Waals surface area contributed by atoms with Gasteiger partial charge in [-0.1, -0.05) is 12.1 Å². The molecule has 2 aliphatic rings. The number of amides is 3. The van der Waals surface area contributed by atoms with Gasteiger partial charge in [-0.05, 0) is 50.5 Å². The summed E-state index contributed by atoms with van der Waals surface area (Å²) in [6, 6.07) is 9.75. The van der Waals surface area contributed by atoms with Crippen LogP contribution in [0.4, 0.5) is 10.5 Å². The van der Waals surface area contributed by atoms with Gasteiger partial charge in [-0.3, -0.25) is 9.48 Å². The number of aromatic nitrogens is 2. The highest BCUT2D eigenvalue weighted by molar-refractivity contribution is 5.90. The summed E-state index contributed by atoms with van der Waals surface area (Å²) in [5, 5.41) is 7.52. The van der Waals surface area contributed by atoms with Crippen molar-refractivity contribution < 1.29 is 14.3 Å². The van der Waals surface area contributed by atoms with Crippen LogP contribution >= 0.6 is 0 Å². The fourth-order valence-corrected chi connectivity index (χ4v) is 4.36. The molecule has 8 nitrogen and oxygen atoms in total. The first-order valence-corrected chi connectivity index (χ1v) is 11.0. The van der Waals surface area contributed by atoms with Crippen LogP contribution in [0.1, 0.15) is 29.8 Å². The van der Waals surface area contributed by atoms with Crippen LogP contribution in [0.3, 0.4) is 0 Å². The molecule has 0 radical (unpaired) electrons. The second kappa shape index (κ2) is 9.51. The van der Waals surface area contributed by atoms with E-state index in [0.717, 1.165) is 35.5 Å². The zero-order valence-corrected chi connectivity index (χ0v) is 18.3. The van der Waals surface area contributed by atoms with Crippen LogP contribution in [-0.2, 0) is 16.1 Å². The van der Waals surface area contributed by atoms with Gasteiger partial charge in [0.2, 0.25) is 5.91 Å². The first-order valence-electron chi connectivity index (χ1n) is 11.0. The van der Waals surface area contributed by atoms with Crippen molar-refractivity contribution >= 4 is 17.6 Å². The van der Waals surface area contributed by atoms with E-state index in [1.54, 1.807) is 4.90 Å². The Morgan fingerprint density at radius 1 is 1.13 bits per heavy atom. The largest absolute Gasteiger partial charge is 0.378 e. The third-order valence-electron chi connectivity index (χ3n) is 5.99. The molecule has 2 fully saturated rings. The van der Waals surface area contributed by atoms with Gasteiger partial charge in [-0.15, -0.1) is 0 Å². The van der Waals surface area contributed by atoms with E-state index in [9.17, 15) is 9.59 Å². The predicted octanol–water partition coefficient (Wildman–Crippen LogP) is 2.65. The van der Waals surface area contributed by atoms with Crippen molar-refractivity contribution in [2.75, 3.05) is 44.7 Å². The molecule has 2 aliphatic heterocycles. The lowest BCUT2D eigenvalue weighted by molar-refractivity contribution is -0.141. The maximum Gasteiger partial charge on any atom is 0.321 e. The molecule has 1 atom stereocenters. The number of likely N-dealkylation sites (tertiary alicyclic amines) is 1. The summed E-state index contributed by atoms with van der Waals surface area (Å²) in [4.78, 5) is 29.4. The van der Waals surface area contributed by atoms with Crippen LogP contribution in [0.25, 0.3) is 0 Å². The van der Waals surface area contributed by atoms with Crippen molar-refractivity contribution in [1.29, 1.82) is 0 Å². The number of urea groups is 1. The standard InChI is InChI=1S/C23H31N5O3/c1-17-13-18(2)28(25-17)15-19-5-3-7-21(14-19)24-23(30)27-8-4-6-20(16-27)22(29)26-9-11-31-12-10-26/h3,5,7,13-14,20H,4,6,8-12,15-16H2,1-2H3,(H,24,30). The molecule has 3 amide bonds. The molecule has 2 aromatic rings. The smallest absolute Gasteiger partial charge is 0.321 e. The lowest BCUT2D eigenvalue weighted by Crippen LogP contribution is -2.50. The second-order valence-electron chi connectivity index (χ2n) is 8.44. The summed E-state index contributed by atoms with van der Waals surface area (Å²) >= 11 is 0. The van der Waals surface area contributed by atoms with Crippen molar-refractivity contribution in [3.05, 3.63) is 47.3 Å². The minimum atomic E-state index is -0.150. The monoisotopic (exact) mass is 425 g/mol. The number of anilines is 1. The average Bonchev–Trinajstić information content (AvgIpc) is 3.10. The van der Waals surface area contributed by atoms with Crippen LogP contribution in [0.5, 0.6) is 0 Å². The van der Waals surface area contributed by atoms with Gasteiger partial charge < -0.3 is 19.9 Å². The number of hydrogen-bond acceptors (Lipinski definition) is 4. The number of carbonyl (C=O) groups excluding carboxylic acids is 2. The molecule has 1 aromatic carbocycles. The summed E-state index contributed by atoms with van der Waals surface area (Å²) in [6.07, 6.45) is 1.67. The molecular weight excluding hydrogens is 394 g/mol. The Hall–Kier alpha value is -2.87. The van der Waals surface area contributed by atoms with Gasteiger partial charge in [-0.2, -0.15) is 5.10 Å². The van der Waals surface area contributed by atoms with E-state index in [1.165, 1.54) is 0 Å². The second-order valence-corrected chi connectivity index (χ2v) is 8.44. The summed E-state index contributed by atoms with van der Waals surface area (Å²) < 4.78 is 7.30. The maximum atomic E-state index is 12.9. The molecule has 3 heterocycles. The normalized spacial score (nSPS) is 19.4. The van der Waals surface area contributed by atoms with Crippen molar-refractivity contribution in [3.8, 4) is 0 Å². The number of ether oxygens (including phenoxy) is 1. The van der Waals surface area contributed by atoms with Crippen molar-refractivity contribution in [2.45, 2.75) is 33.2 Å². The molecule has 0 aliphatic carbocycles. The number of aryl methyl sites for hydroxylation is 2. The highest BCUT2D eigenvalue weighted by atomic mass is 16.5. The first-order chi connectivity index (χ1) is 15.0. The Kier molecular flexibility index (Phi) is 6.56. The minimum absolute atomic E-state index is 0.130. The van der Waals surface area contributed by atoms with Gasteiger partial charge >= 0.3 is 6.03 Å². The fourth-order valence-electron chi connectivity index (χ4n) is 4.36. The van der Waals surface area contributed by atoms with Crippen molar-refractivity contribution in [2.24, 2.45) is 5.92 Å². The molecule has 1 N–H and O–H groups in total. The molecule has 1 unspecified atom stereocenters. The van der Waals surface area contributed by atoms with Crippen LogP contribution in [0, 0.1) is 19.8 Å². The van der Waals surface area contributed by atoms with E-state index in [2.05, 4.69) is 16.5 Å². The topological polar surface area (TPSA) is 79.7 Å². The third-order valence-corrected chi connectivity index (χ3v) is 5.99. The third kappa shape index (κ3) is 5.25. The summed E-state index contributed by atoms with van der Waals surface area (Å²) in [7, 11) is 0. The fraction of sp³-hybridized carbons (Fsp3) is 0.522. The molecule has 0 spiro atoms. The molecular formula is C23H31N5O3. The molecule has 8 heteroatoms. The first kappa shape index (κ1) is 21.4. The van der Waals surface area contributed by atoms with Crippen molar-refractivity contribution in [1.82, 2.24) is 19.6 Å². The number of morpholine rings is 1. The zero-order chi connectivity index (χ0) is 21.8. The van der Waals surface area contributed by atoms with Crippen LogP contribution < -0.4 is 5.32 Å². The summed E-state index contributed by atoms with van der Waals surface area (Å²) in [6.45, 7) is 8.29. The minimum Gasteiger partial charge on any atom is -0.378 e. The quantitative estimate of drug-likeness (QED) is 0.817. The predicted molar refractivity (Wildman–Crippen MR) is 118 cm³/mol. The zero-order valence-electron chi connectivity index (χ0n) is 18.3. The van der Waals surface area contributed by atoms with Crippen molar-refractivity contribution in [3.63, 3.8) is 0 Å². The Labute approximate surface area is 183 Å². The van der Waals surface area contributed by atoms with E-state index >= 15 is 0 Å². The van der Waals surface area contributed by atoms with E-state index < -0.39 is 0 Å². The van der Waals surface area contributed by atoms with Crippen LogP contribution in [-0.4, -0.2) is 70.9 Å². The van der Waals surface area contributed by atoms with Gasteiger partial charge in [-0.25, -0.2) is 4.79 Å². The Morgan fingerprint density at radius 3 is 2.68 bits per heavy atom. The lowest BCUT2D eigenvalue weighted by atomic mass is 9.96. The molecule has 0 bridgehead atoms. The number of hydrogen-bond donors (Lipinski definition) is 1. The van der Waals surface area contributed by atoms with Gasteiger partial charge in [0.05, 0.1) is 31.4 Å². The number of nitrogens with zero attached hydrogens (tertiary/aromatic N) is 4. The van der Waals surface area contributed by atoms with Gasteiger partial charge in [0.1, 0.15) is 0 Å². The van der Waals surface area contributed by atoms with E-state index in [1.807, 2.05) is 47.7 Å². The molecule has 4 rings (SSSR count). The Balaban J connectivity index is 1.36. The van der Waals surface area contributed by atoms with E-state index in [4.69, 9.17) is 4.74 Å². The Bertz CT molecular complexity index is 935. The number of piperidine rings is 1. The highest BCUT2D eigenvalue weighted by Crippen LogP contribution is 2.21. The van der Waals surface area contributed by atoms with Gasteiger partial charge in [0.25, 0.3) is 0 Å². The lowest BCUT2D eigenvalue weighted by Gasteiger charge is -2.36. The number of benzene rings is 1. The van der Waals surface area contributed by atoms with Gasteiger partial charge in [0.15, 0.2) is 0 Å². The summed E-state index contributed by atoms with van der Waals surface area (Å²) in [5.74, 6) is 0.0163. The highest BCUT2D eigenvalue weighted by Gasteiger charge is 2.31. The molecule has 1 aromatic heterocycles. The molecule has 0 saturated carbocycles. The van der Waals surface area contributed by atoms with Crippen LogP contribution in [0.15, 0.2) is 30.3 Å². The van der Waals surface area contributed by atoms with Gasteiger partial charge in [0, 0.05) is 37.6 Å². The summed E-state index contributed by atoms with van der Waals surface area (Å²) in [5.41, 5.74) is 3.93. The molecule has 166 valence electrons. The number of rotatable bonds is 4. The molecule has 31 heavy (non-hydrogen) atoms. The average molecular weight is 426 g/mol. The number of carbonyl (C=O) groups is 2. The van der Waals surface area contributed by atoms with E-state index in [0.29, 0.717) is 45.9 Å². The van der Waals surface area contributed by atoms with Crippen LogP contribution in [0.2, 0.25) is 0 Å². The van der Waals surface area contributed by atoms with E-state index in [-0.39, 0.29) is 17.9 Å². The SMILES string of the molecule is Cc1cc(C)n(Cc2cccc(NC(=O)N3CCCC(C(=O)N4CCOCC4)C3)c2)n1.